The average Bonchev–Trinajstić information content (AvgIpc) is 2.37. The Hall–Kier alpha value is -1.33. The van der Waals surface area contributed by atoms with E-state index in [9.17, 15) is 8.42 Å². The minimum Gasteiger partial charge on any atom is -0.508 e. The Labute approximate surface area is 81.0 Å². The Morgan fingerprint density at radius 2 is 2.00 bits per heavy atom. The van der Waals surface area contributed by atoms with Crippen molar-refractivity contribution in [1.82, 2.24) is 0 Å². The highest BCUT2D eigenvalue weighted by molar-refractivity contribution is 7.95. The monoisotopic (exact) mass is 212 g/mol. The third-order valence-corrected chi connectivity index (χ3v) is 3.99. The lowest BCUT2D eigenvalue weighted by atomic mass is 10.2. The number of aromatic hydroxyl groups is 1. The van der Waals surface area contributed by atoms with Crippen LogP contribution < -0.4 is 0 Å². The van der Waals surface area contributed by atoms with Crippen molar-refractivity contribution in [2.75, 3.05) is 6.61 Å². The first-order valence-electron chi connectivity index (χ1n) is 3.95. The SMILES string of the molecule is O=S1(=O)C(CO)=Cc2cc(O)ccc21. The largest absolute Gasteiger partial charge is 0.508 e. The molecule has 0 fully saturated rings. The van der Waals surface area contributed by atoms with Gasteiger partial charge in [0, 0.05) is 0 Å². The van der Waals surface area contributed by atoms with Crippen LogP contribution in [0.25, 0.3) is 6.08 Å². The molecule has 2 rings (SSSR count). The number of hydrogen-bond acceptors (Lipinski definition) is 4. The predicted molar refractivity (Wildman–Crippen MR) is 50.4 cm³/mol. The number of benzene rings is 1. The van der Waals surface area contributed by atoms with E-state index in [2.05, 4.69) is 0 Å². The maximum Gasteiger partial charge on any atom is 0.205 e. The second kappa shape index (κ2) is 2.83. The molecule has 1 aromatic carbocycles. The van der Waals surface area contributed by atoms with Crippen LogP contribution in [0.4, 0.5) is 0 Å². The number of aliphatic hydroxyl groups is 1. The van der Waals surface area contributed by atoms with Gasteiger partial charge in [-0.1, -0.05) is 0 Å². The van der Waals surface area contributed by atoms with Gasteiger partial charge in [-0.15, -0.1) is 0 Å². The van der Waals surface area contributed by atoms with Gasteiger partial charge in [0.2, 0.25) is 9.84 Å². The van der Waals surface area contributed by atoms with Gasteiger partial charge in [0.1, 0.15) is 5.75 Å². The number of rotatable bonds is 1. The average molecular weight is 212 g/mol. The molecule has 0 saturated carbocycles. The molecule has 0 aromatic heterocycles. The third kappa shape index (κ3) is 1.13. The number of sulfone groups is 1. The second-order valence-electron chi connectivity index (χ2n) is 2.99. The lowest BCUT2D eigenvalue weighted by molar-refractivity contribution is 0.339. The van der Waals surface area contributed by atoms with E-state index in [1.807, 2.05) is 0 Å². The van der Waals surface area contributed by atoms with Crippen LogP contribution in [-0.2, 0) is 9.84 Å². The van der Waals surface area contributed by atoms with Crippen LogP contribution in [0.2, 0.25) is 0 Å². The molecule has 1 aromatic rings. The fraction of sp³-hybridized carbons (Fsp3) is 0.111. The number of phenolic OH excluding ortho intramolecular Hbond substituents is 1. The van der Waals surface area contributed by atoms with E-state index >= 15 is 0 Å². The van der Waals surface area contributed by atoms with E-state index in [0.29, 0.717) is 5.56 Å². The van der Waals surface area contributed by atoms with Crippen LogP contribution in [0.5, 0.6) is 5.75 Å². The molecular weight excluding hydrogens is 204 g/mol. The first kappa shape index (κ1) is 9.23. The lowest BCUT2D eigenvalue weighted by Gasteiger charge is -2.00. The van der Waals surface area contributed by atoms with Crippen LogP contribution in [0.3, 0.4) is 0 Å². The number of hydrogen-bond donors (Lipinski definition) is 2. The smallest absolute Gasteiger partial charge is 0.205 e. The topological polar surface area (TPSA) is 74.6 Å². The van der Waals surface area contributed by atoms with Gasteiger partial charge in [0.15, 0.2) is 0 Å². The van der Waals surface area contributed by atoms with E-state index in [4.69, 9.17) is 10.2 Å². The predicted octanol–water partition coefficient (Wildman–Crippen LogP) is 0.513. The number of fused-ring (bicyclic) bond motifs is 1. The van der Waals surface area contributed by atoms with Gasteiger partial charge in [-0.3, -0.25) is 0 Å². The summed E-state index contributed by atoms with van der Waals surface area (Å²) in [6.45, 7) is -0.516. The number of aliphatic hydroxyl groups excluding tert-OH is 1. The maximum atomic E-state index is 11.6. The van der Waals surface area contributed by atoms with Gasteiger partial charge in [-0.25, -0.2) is 8.42 Å². The molecule has 0 amide bonds. The van der Waals surface area contributed by atoms with Gasteiger partial charge in [-0.05, 0) is 29.8 Å². The summed E-state index contributed by atoms with van der Waals surface area (Å²) in [5, 5.41) is 18.0. The molecule has 5 heteroatoms. The van der Waals surface area contributed by atoms with E-state index in [1.165, 1.54) is 24.3 Å². The fourth-order valence-corrected chi connectivity index (χ4v) is 2.83. The molecule has 74 valence electrons. The van der Waals surface area contributed by atoms with Gasteiger partial charge in [0.25, 0.3) is 0 Å². The third-order valence-electron chi connectivity index (χ3n) is 2.10. The summed E-state index contributed by atoms with van der Waals surface area (Å²) in [5.41, 5.74) is 0.425. The van der Waals surface area contributed by atoms with Crippen molar-refractivity contribution < 1.29 is 18.6 Å². The van der Waals surface area contributed by atoms with Crippen LogP contribution in [-0.4, -0.2) is 25.2 Å². The van der Waals surface area contributed by atoms with Gasteiger partial charge in [0.05, 0.1) is 16.4 Å². The Balaban J connectivity index is 2.71. The van der Waals surface area contributed by atoms with Crippen molar-refractivity contribution in [2.24, 2.45) is 0 Å². The van der Waals surface area contributed by atoms with E-state index in [1.54, 1.807) is 0 Å². The summed E-state index contributed by atoms with van der Waals surface area (Å²) in [6.07, 6.45) is 1.37. The highest BCUT2D eigenvalue weighted by Gasteiger charge is 2.28. The number of phenols is 1. The lowest BCUT2D eigenvalue weighted by Crippen LogP contribution is -2.03. The molecule has 1 heterocycles. The summed E-state index contributed by atoms with van der Waals surface area (Å²) in [6, 6.07) is 4.00. The summed E-state index contributed by atoms with van der Waals surface area (Å²) >= 11 is 0. The summed E-state index contributed by atoms with van der Waals surface area (Å²) in [4.78, 5) is 0.109. The first-order chi connectivity index (χ1) is 6.55. The Morgan fingerprint density at radius 3 is 2.64 bits per heavy atom. The summed E-state index contributed by atoms with van der Waals surface area (Å²) < 4.78 is 23.2. The quantitative estimate of drug-likeness (QED) is 0.711. The zero-order valence-electron chi connectivity index (χ0n) is 7.14. The molecule has 0 atom stereocenters. The molecule has 0 bridgehead atoms. The first-order valence-corrected chi connectivity index (χ1v) is 5.43. The molecule has 2 N–H and O–H groups in total. The van der Waals surface area contributed by atoms with E-state index in [-0.39, 0.29) is 15.6 Å². The molecule has 0 saturated heterocycles. The van der Waals surface area contributed by atoms with Crippen molar-refractivity contribution in [3.63, 3.8) is 0 Å². The van der Waals surface area contributed by atoms with Crippen molar-refractivity contribution >= 4 is 15.9 Å². The summed E-state index contributed by atoms with van der Waals surface area (Å²) in [7, 11) is -3.51. The van der Waals surface area contributed by atoms with Crippen molar-refractivity contribution in [1.29, 1.82) is 0 Å². The van der Waals surface area contributed by atoms with Crippen molar-refractivity contribution in [2.45, 2.75) is 4.90 Å². The molecule has 14 heavy (non-hydrogen) atoms. The molecule has 0 radical (unpaired) electrons. The van der Waals surface area contributed by atoms with Crippen LogP contribution in [0.15, 0.2) is 28.0 Å². The van der Waals surface area contributed by atoms with Crippen molar-refractivity contribution in [3.8, 4) is 5.75 Å². The van der Waals surface area contributed by atoms with Crippen LogP contribution in [0.1, 0.15) is 5.56 Å². The Bertz CT molecular complexity index is 514. The molecule has 0 unspecified atom stereocenters. The minimum absolute atomic E-state index is 0.00869. The second-order valence-corrected chi connectivity index (χ2v) is 4.97. The molecule has 4 nitrogen and oxygen atoms in total. The normalized spacial score (nSPS) is 17.6. The van der Waals surface area contributed by atoms with E-state index in [0.717, 1.165) is 0 Å². The Morgan fingerprint density at radius 1 is 1.29 bits per heavy atom. The molecule has 1 aliphatic rings. The van der Waals surface area contributed by atoms with Crippen LogP contribution in [0, 0.1) is 0 Å². The fourth-order valence-electron chi connectivity index (χ4n) is 1.42. The van der Waals surface area contributed by atoms with Crippen LogP contribution >= 0.6 is 0 Å². The molecule has 0 spiro atoms. The minimum atomic E-state index is -3.51. The van der Waals surface area contributed by atoms with E-state index < -0.39 is 16.4 Å². The molecule has 0 aliphatic carbocycles. The van der Waals surface area contributed by atoms with Gasteiger partial charge in [-0.2, -0.15) is 0 Å². The van der Waals surface area contributed by atoms with Gasteiger partial charge < -0.3 is 10.2 Å². The maximum absolute atomic E-state index is 11.6. The molecular formula is C9H8O4S. The standard InChI is InChI=1S/C9H8O4S/c10-5-8-4-6-3-7(11)1-2-9(6)14(8,12)13/h1-4,10-11H,5H2. The van der Waals surface area contributed by atoms with Crippen molar-refractivity contribution in [3.05, 3.63) is 28.7 Å². The summed E-state index contributed by atoms with van der Waals surface area (Å²) in [5.74, 6) is 0.00869. The highest BCUT2D eigenvalue weighted by atomic mass is 32.2. The highest BCUT2D eigenvalue weighted by Crippen LogP contribution is 2.34. The zero-order valence-corrected chi connectivity index (χ0v) is 7.95. The molecule has 1 aliphatic heterocycles. The Kier molecular flexibility index (Phi) is 1.87. The zero-order chi connectivity index (χ0) is 10.3. The van der Waals surface area contributed by atoms with Gasteiger partial charge >= 0.3 is 0 Å².